The summed E-state index contributed by atoms with van der Waals surface area (Å²) in [7, 11) is 1.49. The summed E-state index contributed by atoms with van der Waals surface area (Å²) in [5.41, 5.74) is 2.96. The molecular weight excluding hydrogens is 729 g/mol. The minimum Gasteiger partial charge on any atom is -0.501 e. The molecule has 0 aromatic heterocycles. The molecule has 0 aliphatic carbocycles. The van der Waals surface area contributed by atoms with E-state index in [1.54, 1.807) is 51.7 Å². The summed E-state index contributed by atoms with van der Waals surface area (Å²) in [5.74, 6) is -0.395. The predicted octanol–water partition coefficient (Wildman–Crippen LogP) is 9.17. The zero-order valence-electron chi connectivity index (χ0n) is 35.8. The van der Waals surface area contributed by atoms with Crippen molar-refractivity contribution in [3.05, 3.63) is 121 Å². The third-order valence-electron chi connectivity index (χ3n) is 7.52. The second-order valence-electron chi connectivity index (χ2n) is 13.0. The lowest BCUT2D eigenvalue weighted by Crippen LogP contribution is -2.42. The van der Waals surface area contributed by atoms with Gasteiger partial charge in [0, 0.05) is 45.7 Å². The highest BCUT2D eigenvalue weighted by molar-refractivity contribution is 7.90. The fourth-order valence-electron chi connectivity index (χ4n) is 5.00. The molecule has 0 saturated carbocycles. The Morgan fingerprint density at radius 2 is 1.59 bits per heavy atom. The molecule has 1 amide bonds. The van der Waals surface area contributed by atoms with Crippen LogP contribution in [0.4, 0.5) is 0 Å². The molecule has 56 heavy (non-hydrogen) atoms. The van der Waals surface area contributed by atoms with E-state index < -0.39 is 27.8 Å². The number of ether oxygens (including phenoxy) is 3. The molecule has 10 nitrogen and oxygen atoms in total. The minimum atomic E-state index is -3.39. The molecule has 0 radical (unpaired) electrons. The summed E-state index contributed by atoms with van der Waals surface area (Å²) in [6.07, 6.45) is 13.8. The van der Waals surface area contributed by atoms with Crippen LogP contribution in [-0.4, -0.2) is 88.9 Å². The van der Waals surface area contributed by atoms with Gasteiger partial charge in [0.05, 0.1) is 18.6 Å². The minimum absolute atomic E-state index is 0.0576. The van der Waals surface area contributed by atoms with E-state index in [0.717, 1.165) is 48.4 Å². The Balaban J connectivity index is 0. The van der Waals surface area contributed by atoms with Gasteiger partial charge in [-0.15, -0.1) is 0 Å². The zero-order valence-corrected chi connectivity index (χ0v) is 36.7. The molecule has 1 saturated heterocycles. The molecule has 1 aliphatic heterocycles. The molecule has 2 aromatic rings. The van der Waals surface area contributed by atoms with Gasteiger partial charge in [-0.2, -0.15) is 0 Å². The number of rotatable bonds is 16. The predicted molar refractivity (Wildman–Crippen MR) is 234 cm³/mol. The van der Waals surface area contributed by atoms with Crippen molar-refractivity contribution in [2.24, 2.45) is 5.92 Å². The van der Waals surface area contributed by atoms with Gasteiger partial charge in [0.25, 0.3) is 5.91 Å². The Morgan fingerprint density at radius 1 is 0.982 bits per heavy atom. The molecule has 1 fully saturated rings. The van der Waals surface area contributed by atoms with E-state index in [1.807, 2.05) is 89.2 Å². The Morgan fingerprint density at radius 3 is 2.07 bits per heavy atom. The largest absolute Gasteiger partial charge is 0.501 e. The number of allylic oxidation sites excluding steroid dienone is 8. The van der Waals surface area contributed by atoms with Crippen LogP contribution in [-0.2, 0) is 30.7 Å². The fourth-order valence-corrected chi connectivity index (χ4v) is 5.67. The lowest BCUT2D eigenvalue weighted by molar-refractivity contribution is -0.139. The SMILES string of the molecule is C=C/C=C(\C)OC.C=C/C=C\C=C(\c1cc(CN2CCC(Oc3ccccc3)C2)ccc1C(=O)NC(CCS(C)(=O)=O)C(=O)O)C(C)C.CC.CCC.COC. The average Bonchev–Trinajstić information content (AvgIpc) is 3.59. The van der Waals surface area contributed by atoms with Gasteiger partial charge >= 0.3 is 5.97 Å². The maximum Gasteiger partial charge on any atom is 0.326 e. The highest BCUT2D eigenvalue weighted by Gasteiger charge is 2.27. The number of para-hydroxylation sites is 1. The lowest BCUT2D eigenvalue weighted by atomic mass is 9.89. The molecule has 2 aromatic carbocycles. The number of nitrogens with one attached hydrogen (secondary N) is 1. The van der Waals surface area contributed by atoms with Crippen molar-refractivity contribution in [2.45, 2.75) is 86.4 Å². The molecule has 0 bridgehead atoms. The number of aliphatic carboxylic acids is 1. The maximum atomic E-state index is 13.4. The topological polar surface area (TPSA) is 131 Å². The fraction of sp³-hybridized carbons (Fsp3) is 0.467. The molecule has 11 heteroatoms. The van der Waals surface area contributed by atoms with Crippen LogP contribution in [0.5, 0.6) is 5.75 Å². The average molecular weight is 799 g/mol. The van der Waals surface area contributed by atoms with Crippen LogP contribution in [0.25, 0.3) is 5.57 Å². The van der Waals surface area contributed by atoms with Crippen LogP contribution >= 0.6 is 0 Å². The number of hydrogen-bond acceptors (Lipinski definition) is 8. The first-order valence-corrected chi connectivity index (χ1v) is 21.2. The highest BCUT2D eigenvalue weighted by Crippen LogP contribution is 2.29. The molecule has 1 heterocycles. The number of hydrogen-bond donors (Lipinski definition) is 2. The van der Waals surface area contributed by atoms with Crippen LogP contribution in [0.2, 0.25) is 0 Å². The Bertz CT molecular complexity index is 1610. The molecular formula is C45H70N2O8S. The standard InChI is InChI=1S/C32H40N2O6S.C6H10O.C3H8.C2H6O.C2H6/c1-5-6-8-13-27(23(2)3)29-20-24(21-34-18-16-26(22-34)40-25-11-9-7-10-12-25)14-15-28(29)31(35)33-30(32(36)37)17-19-41(4,38)39;1-4-5-6(2)7-3;2*1-3-2;1-2/h5-15,20,23,26,30H,1,16-19,21-22H2,2-4H3,(H,33,35)(H,36,37);4-5H,1H2,2-3H3;3H2,1-2H3;1-2H3;1-2H3/b8-6-,27-13+;6-5+;;;. The number of carboxylic acids is 1. The summed E-state index contributed by atoms with van der Waals surface area (Å²) in [6, 6.07) is 14.0. The van der Waals surface area contributed by atoms with Crippen LogP contribution in [0.1, 0.15) is 89.2 Å². The smallest absolute Gasteiger partial charge is 0.326 e. The first-order valence-electron chi connectivity index (χ1n) is 19.1. The van der Waals surface area contributed by atoms with E-state index in [4.69, 9.17) is 9.47 Å². The monoisotopic (exact) mass is 798 g/mol. The number of likely N-dealkylation sites (tertiary alicyclic amines) is 1. The van der Waals surface area contributed by atoms with E-state index in [-0.39, 0.29) is 24.2 Å². The Labute approximate surface area is 338 Å². The number of carbonyl (C=O) groups is 2. The lowest BCUT2D eigenvalue weighted by Gasteiger charge is -2.21. The number of benzene rings is 2. The van der Waals surface area contributed by atoms with E-state index in [1.165, 1.54) is 6.42 Å². The van der Waals surface area contributed by atoms with Gasteiger partial charge in [-0.25, -0.2) is 13.2 Å². The van der Waals surface area contributed by atoms with E-state index in [2.05, 4.69) is 42.0 Å². The van der Waals surface area contributed by atoms with Gasteiger partial charge in [0.2, 0.25) is 0 Å². The number of nitrogens with zero attached hydrogens (tertiary/aromatic N) is 1. The number of carboxylic acid groups (broad SMARTS) is 1. The van der Waals surface area contributed by atoms with Crippen LogP contribution in [0.15, 0.2) is 104 Å². The first kappa shape index (κ1) is 53.7. The quantitative estimate of drug-likeness (QED) is 0.126. The summed E-state index contributed by atoms with van der Waals surface area (Å²) >= 11 is 0. The van der Waals surface area contributed by atoms with Gasteiger partial charge < -0.3 is 24.6 Å². The van der Waals surface area contributed by atoms with Crippen LogP contribution in [0, 0.1) is 5.92 Å². The second kappa shape index (κ2) is 31.7. The third-order valence-corrected chi connectivity index (χ3v) is 8.50. The van der Waals surface area contributed by atoms with Crippen molar-refractivity contribution in [1.82, 2.24) is 10.2 Å². The molecule has 0 spiro atoms. The van der Waals surface area contributed by atoms with Crippen molar-refractivity contribution in [3.63, 3.8) is 0 Å². The normalized spacial score (nSPS) is 14.6. The number of methoxy groups -OCH3 is 2. The van der Waals surface area contributed by atoms with Gasteiger partial charge in [0.1, 0.15) is 27.7 Å². The number of amides is 1. The van der Waals surface area contributed by atoms with Crippen molar-refractivity contribution in [2.75, 3.05) is 46.4 Å². The van der Waals surface area contributed by atoms with E-state index in [0.29, 0.717) is 17.7 Å². The van der Waals surface area contributed by atoms with Crippen LogP contribution < -0.4 is 10.1 Å². The first-order chi connectivity index (χ1) is 26.6. The third kappa shape index (κ3) is 24.1. The van der Waals surface area contributed by atoms with Gasteiger partial charge in [-0.1, -0.05) is 116 Å². The zero-order chi connectivity index (χ0) is 43.1. The van der Waals surface area contributed by atoms with Gasteiger partial charge in [0.15, 0.2) is 0 Å². The Kier molecular flexibility index (Phi) is 30.4. The van der Waals surface area contributed by atoms with Crippen molar-refractivity contribution >= 4 is 27.3 Å². The molecule has 2 atom stereocenters. The Hall–Kier alpha value is -4.45. The molecule has 3 rings (SSSR count). The second-order valence-corrected chi connectivity index (χ2v) is 15.2. The number of carbonyl (C=O) groups excluding carboxylic acids is 1. The van der Waals surface area contributed by atoms with Crippen molar-refractivity contribution in [3.8, 4) is 5.75 Å². The molecule has 314 valence electrons. The van der Waals surface area contributed by atoms with Gasteiger partial charge in [-0.05, 0) is 72.7 Å². The van der Waals surface area contributed by atoms with E-state index >= 15 is 0 Å². The summed E-state index contributed by atoms with van der Waals surface area (Å²) in [4.78, 5) is 27.6. The molecule has 1 aliphatic rings. The summed E-state index contributed by atoms with van der Waals surface area (Å²) in [6.45, 7) is 23.7. The summed E-state index contributed by atoms with van der Waals surface area (Å²) in [5, 5.41) is 12.2. The number of sulfone groups is 1. The molecule has 2 unspecified atom stereocenters. The summed E-state index contributed by atoms with van der Waals surface area (Å²) < 4.78 is 38.4. The molecule has 2 N–H and O–H groups in total. The highest BCUT2D eigenvalue weighted by atomic mass is 32.2. The van der Waals surface area contributed by atoms with Gasteiger partial charge in [-0.3, -0.25) is 9.69 Å². The maximum absolute atomic E-state index is 13.4. The van der Waals surface area contributed by atoms with Crippen molar-refractivity contribution in [1.29, 1.82) is 0 Å². The van der Waals surface area contributed by atoms with E-state index in [9.17, 15) is 23.1 Å². The van der Waals surface area contributed by atoms with Crippen molar-refractivity contribution < 1.29 is 37.3 Å². The van der Waals surface area contributed by atoms with Crippen LogP contribution in [0.3, 0.4) is 0 Å².